The van der Waals surface area contributed by atoms with Crippen LogP contribution in [-0.2, 0) is 0 Å². The zero-order chi connectivity index (χ0) is 13.3. The normalized spacial score (nSPS) is 22.6. The fourth-order valence-corrected chi connectivity index (χ4v) is 2.70. The van der Waals surface area contributed by atoms with Crippen molar-refractivity contribution in [1.29, 1.82) is 5.26 Å². The lowest BCUT2D eigenvalue weighted by molar-refractivity contribution is 0.217. The van der Waals surface area contributed by atoms with Crippen LogP contribution in [0.25, 0.3) is 0 Å². The van der Waals surface area contributed by atoms with Gasteiger partial charge in [0, 0.05) is 23.8 Å². The Hall–Kier alpha value is -1.20. The number of piperidine rings is 1. The van der Waals surface area contributed by atoms with Crippen molar-refractivity contribution in [2.45, 2.75) is 27.2 Å². The Morgan fingerprint density at radius 1 is 1.44 bits per heavy atom. The van der Waals surface area contributed by atoms with E-state index in [9.17, 15) is 5.26 Å². The second-order valence-electron chi connectivity index (χ2n) is 5.75. The molecule has 0 amide bonds. The quantitative estimate of drug-likeness (QED) is 0.764. The third-order valence-electron chi connectivity index (χ3n) is 4.11. The maximum atomic E-state index is 9.31. The summed E-state index contributed by atoms with van der Waals surface area (Å²) in [5.74, 6) is 0.0737. The number of anilines is 1. The molecule has 0 radical (unpaired) electrons. The van der Waals surface area contributed by atoms with Gasteiger partial charge in [-0.2, -0.15) is 5.26 Å². The Morgan fingerprint density at radius 2 is 2.17 bits per heavy atom. The zero-order valence-corrected chi connectivity index (χ0v) is 12.0. The fraction of sp³-hybridized carbons (Fsp3) is 0.533. The summed E-state index contributed by atoms with van der Waals surface area (Å²) in [4.78, 5) is 2.29. The smallest absolute Gasteiger partial charge is 0.0690 e. The molecule has 1 aromatic carbocycles. The van der Waals surface area contributed by atoms with Crippen molar-refractivity contribution >= 4 is 17.3 Å². The molecule has 0 aliphatic carbocycles. The van der Waals surface area contributed by atoms with Crippen LogP contribution in [-0.4, -0.2) is 13.1 Å². The summed E-state index contributed by atoms with van der Waals surface area (Å²) in [6.07, 6.45) is 1.04. The first-order valence-corrected chi connectivity index (χ1v) is 6.73. The van der Waals surface area contributed by atoms with E-state index >= 15 is 0 Å². The van der Waals surface area contributed by atoms with Crippen molar-refractivity contribution in [3.63, 3.8) is 0 Å². The number of hydrogen-bond donors (Lipinski definition) is 0. The second kappa shape index (κ2) is 4.82. The van der Waals surface area contributed by atoms with Gasteiger partial charge >= 0.3 is 0 Å². The molecular weight excluding hydrogens is 244 g/mol. The SMILES string of the molecule is Cc1c(Cl)cccc1N1CCC(C)(C)C(C#N)C1. The third kappa shape index (κ3) is 2.33. The first-order valence-electron chi connectivity index (χ1n) is 6.35. The molecule has 1 aliphatic heterocycles. The zero-order valence-electron chi connectivity index (χ0n) is 11.2. The van der Waals surface area contributed by atoms with Gasteiger partial charge < -0.3 is 4.90 Å². The van der Waals surface area contributed by atoms with Crippen molar-refractivity contribution in [1.82, 2.24) is 0 Å². The van der Waals surface area contributed by atoms with Gasteiger partial charge in [0.1, 0.15) is 0 Å². The first kappa shape index (κ1) is 13.2. The maximum absolute atomic E-state index is 9.31. The number of halogens is 1. The standard InChI is InChI=1S/C15H19ClN2/c1-11-13(16)5-4-6-14(11)18-8-7-15(2,3)12(9-17)10-18/h4-6,12H,7-8,10H2,1-3H3. The van der Waals surface area contributed by atoms with Crippen LogP contribution >= 0.6 is 11.6 Å². The highest BCUT2D eigenvalue weighted by Crippen LogP contribution is 2.38. The van der Waals surface area contributed by atoms with Crippen LogP contribution in [0, 0.1) is 29.6 Å². The topological polar surface area (TPSA) is 27.0 Å². The highest BCUT2D eigenvalue weighted by atomic mass is 35.5. The minimum atomic E-state index is 0.0737. The summed E-state index contributed by atoms with van der Waals surface area (Å²) in [6, 6.07) is 8.44. The molecule has 0 bridgehead atoms. The molecule has 0 N–H and O–H groups in total. The van der Waals surface area contributed by atoms with E-state index < -0.39 is 0 Å². The molecule has 2 rings (SSSR count). The first-order chi connectivity index (χ1) is 8.45. The molecule has 18 heavy (non-hydrogen) atoms. The maximum Gasteiger partial charge on any atom is 0.0690 e. The van der Waals surface area contributed by atoms with E-state index in [0.29, 0.717) is 0 Å². The largest absolute Gasteiger partial charge is 0.370 e. The van der Waals surface area contributed by atoms with Gasteiger partial charge in [-0.15, -0.1) is 0 Å². The Labute approximate surface area is 114 Å². The van der Waals surface area contributed by atoms with Crippen molar-refractivity contribution in [2.24, 2.45) is 11.3 Å². The van der Waals surface area contributed by atoms with Gasteiger partial charge in [-0.1, -0.05) is 31.5 Å². The molecule has 96 valence electrons. The number of rotatable bonds is 1. The molecule has 1 aliphatic rings. The fourth-order valence-electron chi connectivity index (χ4n) is 2.53. The summed E-state index contributed by atoms with van der Waals surface area (Å²) < 4.78 is 0. The lowest BCUT2D eigenvalue weighted by atomic mass is 9.74. The Bertz CT molecular complexity index is 488. The van der Waals surface area contributed by atoms with E-state index in [4.69, 9.17) is 11.6 Å². The van der Waals surface area contributed by atoms with Gasteiger partial charge in [0.25, 0.3) is 0 Å². The summed E-state index contributed by atoms with van der Waals surface area (Å²) in [5, 5.41) is 10.1. The highest BCUT2D eigenvalue weighted by Gasteiger charge is 2.36. The van der Waals surface area contributed by atoms with Crippen molar-refractivity contribution in [3.8, 4) is 6.07 Å². The van der Waals surface area contributed by atoms with E-state index in [-0.39, 0.29) is 11.3 Å². The number of benzene rings is 1. The van der Waals surface area contributed by atoms with Crippen LogP contribution < -0.4 is 4.90 Å². The van der Waals surface area contributed by atoms with Crippen molar-refractivity contribution in [2.75, 3.05) is 18.0 Å². The van der Waals surface area contributed by atoms with Crippen LogP contribution in [0.5, 0.6) is 0 Å². The Balaban J connectivity index is 2.27. The lowest BCUT2D eigenvalue weighted by Crippen LogP contribution is -2.44. The molecule has 1 heterocycles. The summed E-state index contributed by atoms with van der Waals surface area (Å²) in [7, 11) is 0. The third-order valence-corrected chi connectivity index (χ3v) is 4.52. The van der Waals surface area contributed by atoms with E-state index in [1.54, 1.807) is 0 Å². The van der Waals surface area contributed by atoms with Crippen LogP contribution in [0.4, 0.5) is 5.69 Å². The van der Waals surface area contributed by atoms with Crippen LogP contribution in [0.15, 0.2) is 18.2 Å². The molecule has 1 aromatic rings. The molecule has 1 saturated heterocycles. The molecule has 0 aromatic heterocycles. The van der Waals surface area contributed by atoms with Crippen LogP contribution in [0.2, 0.25) is 5.02 Å². The molecule has 3 heteroatoms. The van der Waals surface area contributed by atoms with E-state index in [1.165, 1.54) is 5.69 Å². The summed E-state index contributed by atoms with van der Waals surface area (Å²) in [6.45, 7) is 8.20. The second-order valence-corrected chi connectivity index (χ2v) is 6.16. The monoisotopic (exact) mass is 262 g/mol. The van der Waals surface area contributed by atoms with Crippen molar-refractivity contribution in [3.05, 3.63) is 28.8 Å². The lowest BCUT2D eigenvalue weighted by Gasteiger charge is -2.42. The number of hydrogen-bond acceptors (Lipinski definition) is 2. The van der Waals surface area contributed by atoms with Crippen LogP contribution in [0.3, 0.4) is 0 Å². The van der Waals surface area contributed by atoms with Crippen LogP contribution in [0.1, 0.15) is 25.8 Å². The number of nitrogens with zero attached hydrogens (tertiary/aromatic N) is 2. The van der Waals surface area contributed by atoms with Gasteiger partial charge in [0.2, 0.25) is 0 Å². The Kier molecular flexibility index (Phi) is 3.54. The van der Waals surface area contributed by atoms with Gasteiger partial charge in [0.05, 0.1) is 12.0 Å². The molecule has 1 fully saturated rings. The summed E-state index contributed by atoms with van der Waals surface area (Å²) >= 11 is 6.17. The van der Waals surface area contributed by atoms with Gasteiger partial charge in [-0.3, -0.25) is 0 Å². The highest BCUT2D eigenvalue weighted by molar-refractivity contribution is 6.31. The molecule has 1 atom stereocenters. The average molecular weight is 263 g/mol. The molecule has 0 spiro atoms. The minimum absolute atomic E-state index is 0.0737. The van der Waals surface area contributed by atoms with E-state index in [0.717, 1.165) is 30.1 Å². The molecular formula is C15H19ClN2. The molecule has 0 saturated carbocycles. The predicted octanol–water partition coefficient (Wildman–Crippen LogP) is 4.02. The average Bonchev–Trinajstić information content (AvgIpc) is 2.33. The molecule has 2 nitrogen and oxygen atoms in total. The van der Waals surface area contributed by atoms with Gasteiger partial charge in [-0.05, 0) is 36.5 Å². The van der Waals surface area contributed by atoms with Gasteiger partial charge in [0.15, 0.2) is 0 Å². The van der Waals surface area contributed by atoms with E-state index in [1.807, 2.05) is 19.1 Å². The molecule has 1 unspecified atom stereocenters. The van der Waals surface area contributed by atoms with Crippen molar-refractivity contribution < 1.29 is 0 Å². The Morgan fingerprint density at radius 3 is 2.83 bits per heavy atom. The number of nitriles is 1. The van der Waals surface area contributed by atoms with E-state index in [2.05, 4.69) is 30.9 Å². The summed E-state index contributed by atoms with van der Waals surface area (Å²) in [5.41, 5.74) is 2.38. The van der Waals surface area contributed by atoms with Gasteiger partial charge in [-0.25, -0.2) is 0 Å². The predicted molar refractivity (Wildman–Crippen MR) is 75.9 cm³/mol. The minimum Gasteiger partial charge on any atom is -0.370 e.